The van der Waals surface area contributed by atoms with Gasteiger partial charge in [0.15, 0.2) is 10.9 Å². The third-order valence-corrected chi connectivity index (χ3v) is 7.18. The molecule has 1 aromatic heterocycles. The molecule has 0 spiro atoms. The molecular formula is C24H19BrFN3O2S. The minimum absolute atomic E-state index is 0.0706. The largest absolute Gasteiger partial charge is 0.343 e. The van der Waals surface area contributed by atoms with E-state index in [1.807, 2.05) is 30.3 Å². The molecule has 1 aliphatic heterocycles. The molecular weight excluding hydrogens is 493 g/mol. The van der Waals surface area contributed by atoms with E-state index in [0.29, 0.717) is 34.3 Å². The van der Waals surface area contributed by atoms with E-state index in [2.05, 4.69) is 31.2 Å². The summed E-state index contributed by atoms with van der Waals surface area (Å²) in [7, 11) is 0. The van der Waals surface area contributed by atoms with Crippen molar-refractivity contribution >= 4 is 39.3 Å². The molecule has 0 saturated heterocycles. The summed E-state index contributed by atoms with van der Waals surface area (Å²) in [5.41, 5.74) is 3.38. The number of aromatic amines is 1. The van der Waals surface area contributed by atoms with Crippen LogP contribution in [-0.2, 0) is 10.5 Å². The van der Waals surface area contributed by atoms with Crippen LogP contribution >= 0.6 is 27.7 Å². The Morgan fingerprint density at radius 3 is 2.72 bits per heavy atom. The SMILES string of the molecule is O=C1CCCC2=C1C(c1ccc(Br)cc1)c1c(nc(SCc3cccc(F)c3)[nH]c1=O)N2. The smallest absolute Gasteiger partial charge is 0.257 e. The summed E-state index contributed by atoms with van der Waals surface area (Å²) in [4.78, 5) is 33.6. The van der Waals surface area contributed by atoms with Gasteiger partial charge in [0.05, 0.1) is 5.56 Å². The fourth-order valence-corrected chi connectivity index (χ4v) is 5.34. The summed E-state index contributed by atoms with van der Waals surface area (Å²) < 4.78 is 14.4. The highest BCUT2D eigenvalue weighted by atomic mass is 79.9. The van der Waals surface area contributed by atoms with Gasteiger partial charge in [0.2, 0.25) is 0 Å². The Morgan fingerprint density at radius 1 is 1.12 bits per heavy atom. The predicted octanol–water partition coefficient (Wildman–Crippen LogP) is 5.53. The summed E-state index contributed by atoms with van der Waals surface area (Å²) >= 11 is 4.78. The zero-order valence-corrected chi connectivity index (χ0v) is 19.4. The lowest BCUT2D eigenvalue weighted by molar-refractivity contribution is -0.116. The van der Waals surface area contributed by atoms with Crippen LogP contribution in [-0.4, -0.2) is 15.8 Å². The first kappa shape index (κ1) is 21.2. The predicted molar refractivity (Wildman–Crippen MR) is 126 cm³/mol. The average molecular weight is 512 g/mol. The number of fused-ring (bicyclic) bond motifs is 1. The molecule has 2 N–H and O–H groups in total. The van der Waals surface area contributed by atoms with Gasteiger partial charge >= 0.3 is 0 Å². The second-order valence-corrected chi connectivity index (χ2v) is 9.71. The van der Waals surface area contributed by atoms with Crippen LogP contribution in [0.2, 0.25) is 0 Å². The van der Waals surface area contributed by atoms with Crippen LogP contribution in [0.3, 0.4) is 0 Å². The fraction of sp³-hybridized carbons (Fsp3) is 0.208. The van der Waals surface area contributed by atoms with Crippen LogP contribution < -0.4 is 10.9 Å². The number of allylic oxidation sites excluding steroid dienone is 2. The highest BCUT2D eigenvalue weighted by Gasteiger charge is 2.37. The topological polar surface area (TPSA) is 74.8 Å². The molecule has 1 aliphatic carbocycles. The Morgan fingerprint density at radius 2 is 1.94 bits per heavy atom. The first-order chi connectivity index (χ1) is 15.5. The molecule has 0 bridgehead atoms. The average Bonchev–Trinajstić information content (AvgIpc) is 2.77. The number of carbonyl (C=O) groups excluding carboxylic acids is 1. The first-order valence-corrected chi connectivity index (χ1v) is 12.1. The van der Waals surface area contributed by atoms with Crippen molar-refractivity contribution in [2.45, 2.75) is 36.1 Å². The number of carbonyl (C=O) groups is 1. The van der Waals surface area contributed by atoms with Crippen molar-refractivity contribution < 1.29 is 9.18 Å². The van der Waals surface area contributed by atoms with Crippen LogP contribution in [0.4, 0.5) is 10.2 Å². The van der Waals surface area contributed by atoms with Crippen LogP contribution in [0.5, 0.6) is 0 Å². The van der Waals surface area contributed by atoms with Gasteiger partial charge in [0, 0.05) is 33.8 Å². The quantitative estimate of drug-likeness (QED) is 0.355. The summed E-state index contributed by atoms with van der Waals surface area (Å²) in [5, 5.41) is 3.72. The van der Waals surface area contributed by atoms with Gasteiger partial charge in [-0.25, -0.2) is 9.37 Å². The van der Waals surface area contributed by atoms with Crippen LogP contribution in [0, 0.1) is 5.82 Å². The maximum Gasteiger partial charge on any atom is 0.257 e. The lowest BCUT2D eigenvalue weighted by Gasteiger charge is -2.32. The van der Waals surface area contributed by atoms with E-state index in [-0.39, 0.29) is 17.2 Å². The summed E-state index contributed by atoms with van der Waals surface area (Å²) in [6.07, 6.45) is 2.00. The molecule has 2 aliphatic rings. The number of hydrogen-bond acceptors (Lipinski definition) is 5. The molecule has 2 heterocycles. The van der Waals surface area contributed by atoms with Gasteiger partial charge in [0.1, 0.15) is 11.6 Å². The molecule has 0 radical (unpaired) electrons. The second-order valence-electron chi connectivity index (χ2n) is 7.83. The van der Waals surface area contributed by atoms with Crippen LogP contribution in [0.1, 0.15) is 41.9 Å². The molecule has 8 heteroatoms. The highest BCUT2D eigenvalue weighted by molar-refractivity contribution is 9.10. The van der Waals surface area contributed by atoms with E-state index in [0.717, 1.165) is 34.1 Å². The van der Waals surface area contributed by atoms with Crippen molar-refractivity contribution in [1.29, 1.82) is 0 Å². The number of halogens is 2. The summed E-state index contributed by atoms with van der Waals surface area (Å²) in [6, 6.07) is 14.0. The number of benzene rings is 2. The van der Waals surface area contributed by atoms with E-state index in [4.69, 9.17) is 0 Å². The molecule has 162 valence electrons. The van der Waals surface area contributed by atoms with Gasteiger partial charge in [-0.3, -0.25) is 9.59 Å². The number of thioether (sulfide) groups is 1. The van der Waals surface area contributed by atoms with E-state index in [1.165, 1.54) is 23.9 Å². The van der Waals surface area contributed by atoms with Gasteiger partial charge in [0.25, 0.3) is 5.56 Å². The lowest BCUT2D eigenvalue weighted by atomic mass is 9.76. The Bertz CT molecular complexity index is 1300. The number of H-pyrrole nitrogens is 1. The molecule has 32 heavy (non-hydrogen) atoms. The molecule has 5 nitrogen and oxygen atoms in total. The van der Waals surface area contributed by atoms with Crippen molar-refractivity contribution in [3.05, 3.63) is 97.1 Å². The standard InChI is InChI=1S/C24H19BrFN3O2S/c25-15-9-7-14(8-10-15)19-20-17(5-2-6-18(20)30)27-22-21(19)23(31)29-24(28-22)32-12-13-3-1-4-16(26)11-13/h1,3-4,7-11,19H,2,5-6,12H2,(H2,27,28,29,31). The zero-order chi connectivity index (χ0) is 22.2. The molecule has 0 amide bonds. The number of anilines is 1. The van der Waals surface area contributed by atoms with Crippen molar-refractivity contribution in [2.24, 2.45) is 0 Å². The lowest BCUT2D eigenvalue weighted by Crippen LogP contribution is -2.32. The van der Waals surface area contributed by atoms with Crippen molar-refractivity contribution in [2.75, 3.05) is 5.32 Å². The maximum atomic E-state index is 13.5. The Kier molecular flexibility index (Phi) is 5.73. The third-order valence-electron chi connectivity index (χ3n) is 5.70. The molecule has 0 saturated carbocycles. The fourth-order valence-electron chi connectivity index (χ4n) is 4.28. The number of Topliss-reactive ketones (excluding diaryl/α,β-unsaturated/α-hetero) is 1. The van der Waals surface area contributed by atoms with E-state index < -0.39 is 5.92 Å². The molecule has 5 rings (SSSR count). The Balaban J connectivity index is 1.55. The summed E-state index contributed by atoms with van der Waals surface area (Å²) in [6.45, 7) is 0. The number of ketones is 1. The molecule has 3 aromatic rings. The minimum Gasteiger partial charge on any atom is -0.343 e. The van der Waals surface area contributed by atoms with Gasteiger partial charge < -0.3 is 10.3 Å². The van der Waals surface area contributed by atoms with Crippen molar-refractivity contribution in [1.82, 2.24) is 9.97 Å². The minimum atomic E-state index is -0.458. The molecule has 0 fully saturated rings. The third kappa shape index (κ3) is 4.04. The molecule has 1 atom stereocenters. The van der Waals surface area contributed by atoms with E-state index in [9.17, 15) is 14.0 Å². The Hall–Kier alpha value is -2.71. The van der Waals surface area contributed by atoms with Crippen LogP contribution in [0.25, 0.3) is 0 Å². The molecule has 2 aromatic carbocycles. The normalized spacial score (nSPS) is 17.6. The number of nitrogens with zero attached hydrogens (tertiary/aromatic N) is 1. The van der Waals surface area contributed by atoms with Gasteiger partial charge in [-0.15, -0.1) is 0 Å². The van der Waals surface area contributed by atoms with E-state index in [1.54, 1.807) is 6.07 Å². The molecule has 1 unspecified atom stereocenters. The van der Waals surface area contributed by atoms with Crippen molar-refractivity contribution in [3.8, 4) is 0 Å². The number of aromatic nitrogens is 2. The summed E-state index contributed by atoms with van der Waals surface area (Å²) in [5.74, 6) is 0.274. The van der Waals surface area contributed by atoms with Gasteiger partial charge in [-0.05, 0) is 48.2 Å². The first-order valence-electron chi connectivity index (χ1n) is 10.3. The van der Waals surface area contributed by atoms with Gasteiger partial charge in [-0.2, -0.15) is 0 Å². The monoisotopic (exact) mass is 511 g/mol. The van der Waals surface area contributed by atoms with E-state index >= 15 is 0 Å². The van der Waals surface area contributed by atoms with Crippen molar-refractivity contribution in [3.63, 3.8) is 0 Å². The number of rotatable bonds is 4. The second kappa shape index (κ2) is 8.67. The number of nitrogens with one attached hydrogen (secondary N) is 2. The number of hydrogen-bond donors (Lipinski definition) is 2. The maximum absolute atomic E-state index is 13.5. The zero-order valence-electron chi connectivity index (χ0n) is 17.0. The van der Waals surface area contributed by atoms with Gasteiger partial charge in [-0.1, -0.05) is 52.0 Å². The highest BCUT2D eigenvalue weighted by Crippen LogP contribution is 2.43. The van der Waals surface area contributed by atoms with Crippen LogP contribution in [0.15, 0.2) is 74.2 Å². The Labute approximate surface area is 196 Å².